The van der Waals surface area contributed by atoms with Gasteiger partial charge in [0.1, 0.15) is 0 Å². The van der Waals surface area contributed by atoms with Crippen molar-refractivity contribution in [3.8, 4) is 0 Å². The van der Waals surface area contributed by atoms with E-state index in [1.807, 2.05) is 16.7 Å². The highest BCUT2D eigenvalue weighted by Gasteiger charge is 2.41. The highest BCUT2D eigenvalue weighted by Crippen LogP contribution is 2.44. The Labute approximate surface area is 178 Å². The number of anilines is 1. The summed E-state index contributed by atoms with van der Waals surface area (Å²) in [5.41, 5.74) is 5.08. The Morgan fingerprint density at radius 3 is 2.58 bits per heavy atom. The van der Waals surface area contributed by atoms with E-state index < -0.39 is 11.7 Å². The molecule has 1 saturated heterocycles. The fourth-order valence-corrected chi connectivity index (χ4v) is 5.05. The maximum absolute atomic E-state index is 13.1. The lowest BCUT2D eigenvalue weighted by atomic mass is 9.88. The first-order valence-corrected chi connectivity index (χ1v) is 10.6. The lowest BCUT2D eigenvalue weighted by Gasteiger charge is -2.40. The Kier molecular flexibility index (Phi) is 4.67. The van der Waals surface area contributed by atoms with Crippen LogP contribution in [0.1, 0.15) is 58.9 Å². The molecule has 5 rings (SSSR count). The number of hydrogen-bond donors (Lipinski definition) is 0. The average molecular weight is 431 g/mol. The molecular weight excluding hydrogens is 407 g/mol. The largest absolute Gasteiger partial charge is 0.419 e. The first-order chi connectivity index (χ1) is 14.7. The quantitative estimate of drug-likeness (QED) is 0.741. The van der Waals surface area contributed by atoms with Crippen LogP contribution in [0.4, 0.5) is 19.1 Å². The molecule has 0 unspecified atom stereocenters. The minimum Gasteiger partial charge on any atom is -0.340 e. The summed E-state index contributed by atoms with van der Waals surface area (Å²) in [6.45, 7) is 5.93. The Morgan fingerprint density at radius 1 is 1.19 bits per heavy atom. The first-order valence-electron chi connectivity index (χ1n) is 10.6. The van der Waals surface area contributed by atoms with Gasteiger partial charge in [-0.2, -0.15) is 13.2 Å². The number of halogens is 3. The SMILES string of the molecule is Cc1nc2c3c(c1C)CN(C(=O)CC1CN(c4ncc(C(F)(F)F)cn4)C1)[C@@H]3CCC2. The molecular formula is C22H24F3N5O. The zero-order valence-corrected chi connectivity index (χ0v) is 17.5. The molecule has 2 aromatic heterocycles. The Balaban J connectivity index is 1.22. The van der Waals surface area contributed by atoms with Gasteiger partial charge < -0.3 is 9.80 Å². The molecule has 0 spiro atoms. The van der Waals surface area contributed by atoms with Gasteiger partial charge in [0.2, 0.25) is 11.9 Å². The number of amides is 1. The van der Waals surface area contributed by atoms with Gasteiger partial charge in [-0.05, 0) is 44.2 Å². The molecule has 0 aromatic carbocycles. The summed E-state index contributed by atoms with van der Waals surface area (Å²) in [7, 11) is 0. The molecule has 164 valence electrons. The number of pyridine rings is 1. The Hall–Kier alpha value is -2.71. The molecule has 9 heteroatoms. The predicted molar refractivity (Wildman–Crippen MR) is 107 cm³/mol. The summed E-state index contributed by atoms with van der Waals surface area (Å²) < 4.78 is 38.0. The number of alkyl halides is 3. The van der Waals surface area contributed by atoms with E-state index in [-0.39, 0.29) is 23.8 Å². The molecule has 6 nitrogen and oxygen atoms in total. The van der Waals surface area contributed by atoms with Crippen molar-refractivity contribution >= 4 is 11.9 Å². The summed E-state index contributed by atoms with van der Waals surface area (Å²) >= 11 is 0. The van der Waals surface area contributed by atoms with E-state index in [4.69, 9.17) is 4.98 Å². The van der Waals surface area contributed by atoms with Crippen LogP contribution in [-0.4, -0.2) is 38.8 Å². The highest BCUT2D eigenvalue weighted by molar-refractivity contribution is 5.78. The second kappa shape index (κ2) is 7.17. The topological polar surface area (TPSA) is 62.2 Å². The molecule has 1 atom stereocenters. The average Bonchev–Trinajstić information content (AvgIpc) is 3.09. The standard InChI is InChI=1S/C22H24F3N5O/c1-12-13(2)28-17-4-3-5-18-20(17)16(12)11-30(18)19(31)6-14-9-29(10-14)21-26-7-15(8-27-21)22(23,24)25/h7-8,14,18H,3-6,9-11H2,1-2H3/t18-/m1/s1. The summed E-state index contributed by atoms with van der Waals surface area (Å²) in [4.78, 5) is 29.4. The van der Waals surface area contributed by atoms with E-state index >= 15 is 0 Å². The minimum atomic E-state index is -4.44. The van der Waals surface area contributed by atoms with Crippen LogP contribution in [0, 0.1) is 19.8 Å². The van der Waals surface area contributed by atoms with Gasteiger partial charge in [-0.25, -0.2) is 9.97 Å². The van der Waals surface area contributed by atoms with Crippen LogP contribution in [0.15, 0.2) is 12.4 Å². The summed E-state index contributed by atoms with van der Waals surface area (Å²) in [5.74, 6) is 0.578. The molecule has 0 bridgehead atoms. The molecule has 4 heterocycles. The molecule has 1 aliphatic carbocycles. The maximum Gasteiger partial charge on any atom is 0.419 e. The third-order valence-corrected chi connectivity index (χ3v) is 6.85. The van der Waals surface area contributed by atoms with Gasteiger partial charge in [0, 0.05) is 61.3 Å². The van der Waals surface area contributed by atoms with Crippen molar-refractivity contribution in [1.82, 2.24) is 19.9 Å². The van der Waals surface area contributed by atoms with E-state index in [1.54, 1.807) is 0 Å². The van der Waals surface area contributed by atoms with Crippen LogP contribution in [0.25, 0.3) is 0 Å². The van der Waals surface area contributed by atoms with Crippen molar-refractivity contribution in [1.29, 1.82) is 0 Å². The van der Waals surface area contributed by atoms with E-state index in [2.05, 4.69) is 16.9 Å². The van der Waals surface area contributed by atoms with Gasteiger partial charge in [0.25, 0.3) is 0 Å². The van der Waals surface area contributed by atoms with Gasteiger partial charge >= 0.3 is 6.18 Å². The molecule has 2 aliphatic heterocycles. The summed E-state index contributed by atoms with van der Waals surface area (Å²) in [6, 6.07) is 0.132. The third kappa shape index (κ3) is 3.43. The van der Waals surface area contributed by atoms with Gasteiger partial charge in [0.05, 0.1) is 11.6 Å². The molecule has 0 saturated carbocycles. The van der Waals surface area contributed by atoms with Gasteiger partial charge in [-0.1, -0.05) is 0 Å². The number of hydrogen-bond acceptors (Lipinski definition) is 5. The van der Waals surface area contributed by atoms with Crippen LogP contribution in [0.3, 0.4) is 0 Å². The van der Waals surface area contributed by atoms with E-state index in [0.717, 1.165) is 43.0 Å². The van der Waals surface area contributed by atoms with Crippen LogP contribution < -0.4 is 4.90 Å². The van der Waals surface area contributed by atoms with E-state index in [1.165, 1.54) is 16.7 Å². The van der Waals surface area contributed by atoms with Gasteiger partial charge in [-0.15, -0.1) is 0 Å². The zero-order valence-electron chi connectivity index (χ0n) is 17.5. The van der Waals surface area contributed by atoms with E-state index in [0.29, 0.717) is 26.1 Å². The fraction of sp³-hybridized carbons (Fsp3) is 0.545. The van der Waals surface area contributed by atoms with E-state index in [9.17, 15) is 18.0 Å². The zero-order chi connectivity index (χ0) is 21.9. The van der Waals surface area contributed by atoms with Crippen molar-refractivity contribution in [2.45, 2.75) is 58.3 Å². The lowest BCUT2D eigenvalue weighted by molar-refractivity contribution is -0.138. The lowest BCUT2D eigenvalue weighted by Crippen LogP contribution is -2.49. The molecule has 3 aliphatic rings. The summed E-state index contributed by atoms with van der Waals surface area (Å²) in [6.07, 6.45) is 0.601. The third-order valence-electron chi connectivity index (χ3n) is 6.85. The van der Waals surface area contributed by atoms with Crippen molar-refractivity contribution in [2.75, 3.05) is 18.0 Å². The second-order valence-electron chi connectivity index (χ2n) is 8.84. The molecule has 0 radical (unpaired) electrons. The molecule has 31 heavy (non-hydrogen) atoms. The van der Waals surface area contributed by atoms with Crippen LogP contribution in [0.5, 0.6) is 0 Å². The number of nitrogens with zero attached hydrogens (tertiary/aromatic N) is 5. The van der Waals surface area contributed by atoms with Crippen molar-refractivity contribution in [3.63, 3.8) is 0 Å². The van der Waals surface area contributed by atoms with Crippen molar-refractivity contribution in [3.05, 3.63) is 46.0 Å². The van der Waals surface area contributed by atoms with Gasteiger partial charge in [0.15, 0.2) is 0 Å². The number of carbonyl (C=O) groups excluding carboxylic acids is 1. The highest BCUT2D eigenvalue weighted by atomic mass is 19.4. The fourth-order valence-electron chi connectivity index (χ4n) is 5.05. The first kappa shape index (κ1) is 20.2. The van der Waals surface area contributed by atoms with Crippen LogP contribution >= 0.6 is 0 Å². The molecule has 2 aromatic rings. The maximum atomic E-state index is 13.1. The Bertz CT molecular complexity index is 1030. The number of aromatic nitrogens is 3. The number of carbonyl (C=O) groups is 1. The smallest absolute Gasteiger partial charge is 0.340 e. The van der Waals surface area contributed by atoms with Crippen LogP contribution in [0.2, 0.25) is 0 Å². The normalized spacial score (nSPS) is 20.6. The summed E-state index contributed by atoms with van der Waals surface area (Å²) in [5, 5.41) is 0. The van der Waals surface area contributed by atoms with Crippen molar-refractivity contribution < 1.29 is 18.0 Å². The predicted octanol–water partition coefficient (Wildman–Crippen LogP) is 3.75. The second-order valence-corrected chi connectivity index (χ2v) is 8.84. The molecule has 1 amide bonds. The number of rotatable bonds is 3. The van der Waals surface area contributed by atoms with Crippen LogP contribution in [-0.2, 0) is 23.9 Å². The van der Waals surface area contributed by atoms with Gasteiger partial charge in [-0.3, -0.25) is 9.78 Å². The minimum absolute atomic E-state index is 0.132. The Morgan fingerprint density at radius 2 is 1.90 bits per heavy atom. The molecule has 0 N–H and O–H groups in total. The molecule has 1 fully saturated rings. The number of aryl methyl sites for hydroxylation is 2. The van der Waals surface area contributed by atoms with Crippen molar-refractivity contribution in [2.24, 2.45) is 5.92 Å². The monoisotopic (exact) mass is 431 g/mol.